The van der Waals surface area contributed by atoms with Crippen molar-refractivity contribution in [3.05, 3.63) is 24.0 Å². The predicted octanol–water partition coefficient (Wildman–Crippen LogP) is 2.29. The molecule has 0 aliphatic carbocycles. The first-order chi connectivity index (χ1) is 10.2. The van der Waals surface area contributed by atoms with Gasteiger partial charge in [0.2, 0.25) is 0 Å². The molecule has 1 aromatic rings. The molecule has 118 valence electrons. The van der Waals surface area contributed by atoms with Gasteiger partial charge < -0.3 is 20.5 Å². The molecule has 1 atom stereocenters. The Kier molecular flexibility index (Phi) is 5.96. The predicted molar refractivity (Wildman–Crippen MR) is 84.1 cm³/mol. The molecule has 2 heterocycles. The van der Waals surface area contributed by atoms with Crippen LogP contribution in [-0.4, -0.2) is 37.0 Å². The van der Waals surface area contributed by atoms with Gasteiger partial charge in [0.05, 0.1) is 11.6 Å². The summed E-state index contributed by atoms with van der Waals surface area (Å²) in [6.45, 7) is 7.27. The van der Waals surface area contributed by atoms with Crippen LogP contribution in [0.5, 0.6) is 0 Å². The smallest absolute Gasteiger partial charge is 0.0921 e. The Morgan fingerprint density at radius 3 is 2.81 bits per heavy atom. The molecule has 1 aliphatic heterocycles. The fourth-order valence-electron chi connectivity index (χ4n) is 3.05. The summed E-state index contributed by atoms with van der Waals surface area (Å²) in [5.41, 5.74) is 7.72. The summed E-state index contributed by atoms with van der Waals surface area (Å²) >= 11 is 0. The Morgan fingerprint density at radius 1 is 1.43 bits per heavy atom. The maximum atomic E-state index is 6.21. The van der Waals surface area contributed by atoms with E-state index in [0.29, 0.717) is 6.61 Å². The van der Waals surface area contributed by atoms with E-state index in [1.807, 2.05) is 19.2 Å². The third kappa shape index (κ3) is 3.73. The molecule has 2 rings (SSSR count). The summed E-state index contributed by atoms with van der Waals surface area (Å²) < 4.78 is 11.8. The summed E-state index contributed by atoms with van der Waals surface area (Å²) in [6.07, 6.45) is 6.40. The Labute approximate surface area is 127 Å². The van der Waals surface area contributed by atoms with Crippen molar-refractivity contribution in [2.45, 2.75) is 44.8 Å². The molecule has 1 aliphatic rings. The van der Waals surface area contributed by atoms with Gasteiger partial charge in [-0.15, -0.1) is 0 Å². The quantitative estimate of drug-likeness (QED) is 0.807. The lowest BCUT2D eigenvalue weighted by Crippen LogP contribution is -2.50. The number of anilines is 1. The maximum Gasteiger partial charge on any atom is 0.0921 e. The summed E-state index contributed by atoms with van der Waals surface area (Å²) in [7, 11) is 0. The average molecular weight is 293 g/mol. The molecule has 3 N–H and O–H groups in total. The monoisotopic (exact) mass is 293 g/mol. The van der Waals surface area contributed by atoms with Gasteiger partial charge in [-0.05, 0) is 26.0 Å². The van der Waals surface area contributed by atoms with E-state index < -0.39 is 0 Å². The Hall–Kier alpha value is -1.17. The van der Waals surface area contributed by atoms with Gasteiger partial charge in [-0.2, -0.15) is 0 Å². The van der Waals surface area contributed by atoms with Crippen molar-refractivity contribution in [1.82, 2.24) is 10.3 Å². The number of nitrogens with zero attached hydrogens (tertiary/aromatic N) is 1. The number of pyridine rings is 1. The number of nitrogens with one attached hydrogen (secondary N) is 1. The van der Waals surface area contributed by atoms with E-state index >= 15 is 0 Å². The summed E-state index contributed by atoms with van der Waals surface area (Å²) in [5.74, 6) is 0. The molecular formula is C16H27N3O2. The fraction of sp³-hybridized carbons (Fsp3) is 0.688. The first-order valence-electron chi connectivity index (χ1n) is 7.88. The molecule has 21 heavy (non-hydrogen) atoms. The normalized spacial score (nSPS) is 19.3. The van der Waals surface area contributed by atoms with E-state index in [1.54, 1.807) is 6.20 Å². The SMILES string of the molecule is CCCNC(c1cnccc1N)C1(OCC)CCOCC1. The van der Waals surface area contributed by atoms with Gasteiger partial charge in [0.15, 0.2) is 0 Å². The zero-order valence-electron chi connectivity index (χ0n) is 13.1. The second-order valence-corrected chi connectivity index (χ2v) is 5.50. The topological polar surface area (TPSA) is 69.4 Å². The van der Waals surface area contributed by atoms with Crippen LogP contribution >= 0.6 is 0 Å². The van der Waals surface area contributed by atoms with Gasteiger partial charge in [-0.3, -0.25) is 4.98 Å². The van der Waals surface area contributed by atoms with E-state index in [4.69, 9.17) is 15.2 Å². The minimum atomic E-state index is -0.265. The molecule has 5 heteroatoms. The minimum Gasteiger partial charge on any atom is -0.398 e. The fourth-order valence-corrected chi connectivity index (χ4v) is 3.05. The molecule has 5 nitrogen and oxygen atoms in total. The van der Waals surface area contributed by atoms with Crippen LogP contribution in [0.2, 0.25) is 0 Å². The van der Waals surface area contributed by atoms with Gasteiger partial charge in [-0.25, -0.2) is 0 Å². The van der Waals surface area contributed by atoms with Crippen molar-refractivity contribution in [3.63, 3.8) is 0 Å². The van der Waals surface area contributed by atoms with Crippen molar-refractivity contribution >= 4 is 5.69 Å². The average Bonchev–Trinajstić information content (AvgIpc) is 2.50. The molecule has 1 fully saturated rings. The van der Waals surface area contributed by atoms with Crippen LogP contribution < -0.4 is 11.1 Å². The van der Waals surface area contributed by atoms with E-state index in [0.717, 1.165) is 50.3 Å². The molecule has 1 saturated heterocycles. The second-order valence-electron chi connectivity index (χ2n) is 5.50. The lowest BCUT2D eigenvalue weighted by atomic mass is 9.81. The number of ether oxygens (including phenoxy) is 2. The highest BCUT2D eigenvalue weighted by Gasteiger charge is 2.42. The Bertz CT molecular complexity index is 428. The summed E-state index contributed by atoms with van der Waals surface area (Å²) in [4.78, 5) is 4.25. The zero-order valence-corrected chi connectivity index (χ0v) is 13.1. The molecule has 1 aromatic heterocycles. The van der Waals surface area contributed by atoms with E-state index in [9.17, 15) is 0 Å². The van der Waals surface area contributed by atoms with Crippen LogP contribution in [0.15, 0.2) is 18.5 Å². The summed E-state index contributed by atoms with van der Waals surface area (Å²) in [5, 5.41) is 3.62. The van der Waals surface area contributed by atoms with Crippen molar-refractivity contribution in [2.24, 2.45) is 0 Å². The molecule has 0 bridgehead atoms. The third-order valence-electron chi connectivity index (χ3n) is 4.09. The van der Waals surface area contributed by atoms with Crippen LogP contribution in [0.25, 0.3) is 0 Å². The first kappa shape index (κ1) is 16.2. The number of nitrogens with two attached hydrogens (primary N) is 1. The van der Waals surface area contributed by atoms with Gasteiger partial charge in [0.1, 0.15) is 0 Å². The van der Waals surface area contributed by atoms with E-state index in [1.165, 1.54) is 0 Å². The van der Waals surface area contributed by atoms with Gasteiger partial charge >= 0.3 is 0 Å². The highest BCUT2D eigenvalue weighted by molar-refractivity contribution is 5.47. The van der Waals surface area contributed by atoms with Crippen LogP contribution in [0.3, 0.4) is 0 Å². The molecule has 0 radical (unpaired) electrons. The maximum absolute atomic E-state index is 6.21. The number of rotatable bonds is 7. The lowest BCUT2D eigenvalue weighted by Gasteiger charge is -2.44. The largest absolute Gasteiger partial charge is 0.398 e. The number of hydrogen-bond donors (Lipinski definition) is 2. The third-order valence-corrected chi connectivity index (χ3v) is 4.09. The highest BCUT2D eigenvalue weighted by Crippen LogP contribution is 2.39. The van der Waals surface area contributed by atoms with E-state index in [2.05, 4.69) is 17.2 Å². The second kappa shape index (κ2) is 7.73. The molecule has 0 spiro atoms. The molecule has 0 amide bonds. The highest BCUT2D eigenvalue weighted by atomic mass is 16.5. The molecule has 0 saturated carbocycles. The molecule has 1 unspecified atom stereocenters. The first-order valence-corrected chi connectivity index (χ1v) is 7.88. The lowest BCUT2D eigenvalue weighted by molar-refractivity contribution is -0.128. The van der Waals surface area contributed by atoms with Gasteiger partial charge in [0.25, 0.3) is 0 Å². The molecule has 0 aromatic carbocycles. The minimum absolute atomic E-state index is 0.0509. The standard InChI is InChI=1S/C16H27N3O2/c1-3-8-19-15(13-12-18-9-5-14(13)17)16(21-4-2)6-10-20-11-7-16/h5,9,12,15,19H,3-4,6-8,10-11H2,1-2H3,(H2,17,18). The van der Waals surface area contributed by atoms with Crippen molar-refractivity contribution in [1.29, 1.82) is 0 Å². The number of nitrogen functional groups attached to an aromatic ring is 1. The van der Waals surface area contributed by atoms with Crippen LogP contribution in [0.4, 0.5) is 5.69 Å². The van der Waals surface area contributed by atoms with Crippen LogP contribution in [-0.2, 0) is 9.47 Å². The van der Waals surface area contributed by atoms with Gasteiger partial charge in [0, 0.05) is 56.3 Å². The summed E-state index contributed by atoms with van der Waals surface area (Å²) in [6, 6.07) is 1.91. The Balaban J connectivity index is 2.34. The van der Waals surface area contributed by atoms with Crippen molar-refractivity contribution < 1.29 is 9.47 Å². The van der Waals surface area contributed by atoms with Crippen LogP contribution in [0, 0.1) is 0 Å². The zero-order chi connectivity index (χ0) is 15.1. The Morgan fingerprint density at radius 2 is 2.19 bits per heavy atom. The van der Waals surface area contributed by atoms with Crippen LogP contribution in [0.1, 0.15) is 44.7 Å². The molecular weight excluding hydrogens is 266 g/mol. The number of aromatic nitrogens is 1. The number of hydrogen-bond acceptors (Lipinski definition) is 5. The van der Waals surface area contributed by atoms with Crippen molar-refractivity contribution in [2.75, 3.05) is 32.1 Å². The van der Waals surface area contributed by atoms with E-state index in [-0.39, 0.29) is 11.6 Å². The van der Waals surface area contributed by atoms with Gasteiger partial charge in [-0.1, -0.05) is 6.92 Å². The van der Waals surface area contributed by atoms with Crippen molar-refractivity contribution in [3.8, 4) is 0 Å².